The Morgan fingerprint density at radius 3 is 2.24 bits per heavy atom. The molecule has 2 aromatic rings. The third kappa shape index (κ3) is 6.17. The van der Waals surface area contributed by atoms with E-state index in [9.17, 15) is 14.4 Å². The fourth-order valence-corrected chi connectivity index (χ4v) is 5.07. The molecule has 9 heteroatoms. The van der Waals surface area contributed by atoms with Crippen LogP contribution in [0.15, 0.2) is 30.3 Å². The van der Waals surface area contributed by atoms with Crippen LogP contribution in [-0.4, -0.2) is 47.8 Å². The maximum absolute atomic E-state index is 13.3. The van der Waals surface area contributed by atoms with Gasteiger partial charge in [0.15, 0.2) is 11.6 Å². The van der Waals surface area contributed by atoms with Crippen LogP contribution in [0, 0.1) is 5.92 Å². The van der Waals surface area contributed by atoms with Crippen molar-refractivity contribution in [2.24, 2.45) is 5.92 Å². The van der Waals surface area contributed by atoms with E-state index in [1.807, 2.05) is 6.92 Å². The predicted octanol–water partition coefficient (Wildman–Crippen LogP) is 3.81. The highest BCUT2D eigenvalue weighted by Crippen LogP contribution is 2.37. The molecule has 0 saturated heterocycles. The minimum atomic E-state index is -0.833. The van der Waals surface area contributed by atoms with Crippen LogP contribution in [-0.2, 0) is 4.79 Å². The molecule has 3 unspecified atom stereocenters. The van der Waals surface area contributed by atoms with Crippen molar-refractivity contribution in [1.29, 1.82) is 0 Å². The summed E-state index contributed by atoms with van der Waals surface area (Å²) in [6.07, 6.45) is 5.12. The fourth-order valence-electron chi connectivity index (χ4n) is 5.07. The fraction of sp³-hybridized carbons (Fsp3) is 0.429. The summed E-state index contributed by atoms with van der Waals surface area (Å²) < 4.78 is 0. The number of carboxylic acids is 1. The molecule has 0 bridgehead atoms. The van der Waals surface area contributed by atoms with Gasteiger partial charge in [0.25, 0.3) is 11.9 Å². The number of nitrogens with two attached hydrogens (primary N) is 1. The van der Waals surface area contributed by atoms with E-state index in [1.165, 1.54) is 12.8 Å². The van der Waals surface area contributed by atoms with Crippen molar-refractivity contribution >= 4 is 34.8 Å². The molecule has 1 saturated carbocycles. The Morgan fingerprint density at radius 1 is 1.11 bits per heavy atom. The molecule has 0 aromatic heterocycles. The molecule has 0 heterocycles. The minimum absolute atomic E-state index is 0.0375. The number of ketones is 2. The highest BCUT2D eigenvalue weighted by molar-refractivity contribution is 6.32. The van der Waals surface area contributed by atoms with Crippen LogP contribution in [0.4, 0.5) is 11.4 Å². The topological polar surface area (TPSA) is 151 Å². The Morgan fingerprint density at radius 2 is 1.70 bits per heavy atom. The van der Waals surface area contributed by atoms with Crippen LogP contribution in [0.3, 0.4) is 0 Å². The van der Waals surface area contributed by atoms with Gasteiger partial charge in [-0.15, -0.1) is 0 Å². The van der Waals surface area contributed by atoms with E-state index in [1.54, 1.807) is 37.4 Å². The van der Waals surface area contributed by atoms with Crippen LogP contribution >= 0.6 is 0 Å². The van der Waals surface area contributed by atoms with Gasteiger partial charge < -0.3 is 21.5 Å². The van der Waals surface area contributed by atoms with Gasteiger partial charge in [-0.1, -0.05) is 51.0 Å². The number of carbonyl (C=O) groups is 4. The van der Waals surface area contributed by atoms with E-state index < -0.39 is 5.97 Å². The third-order valence-corrected chi connectivity index (χ3v) is 6.84. The average molecular weight is 509 g/mol. The number of anilines is 2. The highest BCUT2D eigenvalue weighted by atomic mass is 16.4. The van der Waals surface area contributed by atoms with Gasteiger partial charge in [0, 0.05) is 36.8 Å². The number of nitrogen functional groups attached to an aromatic ring is 1. The van der Waals surface area contributed by atoms with Crippen molar-refractivity contribution in [3.05, 3.63) is 58.1 Å². The second-order valence-electron chi connectivity index (χ2n) is 9.68. The van der Waals surface area contributed by atoms with E-state index in [2.05, 4.69) is 22.9 Å². The molecule has 0 radical (unpaired) electrons. The molecule has 4 rings (SSSR count). The second-order valence-corrected chi connectivity index (χ2v) is 9.68. The Labute approximate surface area is 217 Å². The molecule has 0 aliphatic heterocycles. The van der Waals surface area contributed by atoms with E-state index in [0.717, 1.165) is 19.8 Å². The van der Waals surface area contributed by atoms with Crippen LogP contribution in [0.5, 0.6) is 0 Å². The van der Waals surface area contributed by atoms with Gasteiger partial charge in [0.05, 0.1) is 28.5 Å². The standard InChI is InChI=1S/C26H32N4O3.C2H4O2/c1-4-20(29-15-9-7-8-14(2)12-15)30-26(33)18-13-19(28-3)21-22(23(18)27)25(32)17-11-6-5-10-16(17)24(21)31;1-2(3)4/h5-6,10-11,13-15,20,28-29H,4,7-9,12,27H2,1-3H3,(H,30,33);1H3,(H,3,4). The van der Waals surface area contributed by atoms with E-state index in [4.69, 9.17) is 15.6 Å². The number of carbonyl (C=O) groups excluding carboxylic acids is 3. The first-order valence-electron chi connectivity index (χ1n) is 12.7. The van der Waals surface area contributed by atoms with Gasteiger partial charge >= 0.3 is 0 Å². The van der Waals surface area contributed by atoms with E-state index in [-0.39, 0.29) is 46.0 Å². The Balaban J connectivity index is 0.000000886. The smallest absolute Gasteiger partial charge is 0.300 e. The van der Waals surface area contributed by atoms with Gasteiger partial charge in [-0.3, -0.25) is 24.5 Å². The quantitative estimate of drug-likeness (QED) is 0.249. The lowest BCUT2D eigenvalue weighted by molar-refractivity contribution is -0.134. The third-order valence-electron chi connectivity index (χ3n) is 6.84. The molecule has 2 aliphatic rings. The van der Waals surface area contributed by atoms with Gasteiger partial charge in [-0.25, -0.2) is 0 Å². The molecule has 3 atom stereocenters. The SMILES string of the molecule is CC(=O)O.CCC(NC(=O)c1cc(NC)c2c(c1N)C(=O)c1ccccc1C2=O)NC1CCCC(C)C1. The van der Waals surface area contributed by atoms with Crippen LogP contribution in [0.2, 0.25) is 0 Å². The molecule has 1 fully saturated rings. The number of benzene rings is 2. The minimum Gasteiger partial charge on any atom is -0.481 e. The zero-order valence-corrected chi connectivity index (χ0v) is 21.8. The molecule has 2 aliphatic carbocycles. The van der Waals surface area contributed by atoms with Crippen LogP contribution in [0.25, 0.3) is 0 Å². The van der Waals surface area contributed by atoms with Crippen LogP contribution < -0.4 is 21.7 Å². The van der Waals surface area contributed by atoms with E-state index in [0.29, 0.717) is 35.2 Å². The summed E-state index contributed by atoms with van der Waals surface area (Å²) in [6, 6.07) is 8.63. The predicted molar refractivity (Wildman–Crippen MR) is 143 cm³/mol. The van der Waals surface area contributed by atoms with Crippen LogP contribution in [0.1, 0.15) is 95.1 Å². The Bertz CT molecular complexity index is 1210. The van der Waals surface area contributed by atoms with Crippen molar-refractivity contribution in [2.45, 2.75) is 65.1 Å². The van der Waals surface area contributed by atoms with Crippen molar-refractivity contribution in [3.8, 4) is 0 Å². The van der Waals surface area contributed by atoms with Gasteiger partial charge in [0.2, 0.25) is 0 Å². The summed E-state index contributed by atoms with van der Waals surface area (Å²) in [5.41, 5.74) is 7.99. The molecule has 9 nitrogen and oxygen atoms in total. The zero-order chi connectivity index (χ0) is 27.3. The average Bonchev–Trinajstić information content (AvgIpc) is 2.86. The Kier molecular flexibility index (Phi) is 9.04. The number of nitrogens with one attached hydrogen (secondary N) is 3. The number of carboxylic acid groups (broad SMARTS) is 1. The monoisotopic (exact) mass is 508 g/mol. The molecule has 2 aromatic carbocycles. The molecular weight excluding hydrogens is 472 g/mol. The number of hydrogen-bond acceptors (Lipinski definition) is 7. The first-order chi connectivity index (χ1) is 17.6. The highest BCUT2D eigenvalue weighted by Gasteiger charge is 2.35. The van der Waals surface area contributed by atoms with Crippen molar-refractivity contribution in [2.75, 3.05) is 18.1 Å². The molecule has 0 spiro atoms. The van der Waals surface area contributed by atoms with Gasteiger partial charge in [0.1, 0.15) is 0 Å². The lowest BCUT2D eigenvalue weighted by Crippen LogP contribution is -2.50. The first-order valence-corrected chi connectivity index (χ1v) is 12.7. The maximum atomic E-state index is 13.3. The van der Waals surface area contributed by atoms with Crippen molar-refractivity contribution in [3.63, 3.8) is 0 Å². The van der Waals surface area contributed by atoms with Crippen molar-refractivity contribution in [1.82, 2.24) is 10.6 Å². The molecule has 37 heavy (non-hydrogen) atoms. The molecule has 1 amide bonds. The first kappa shape index (κ1) is 27.9. The van der Waals surface area contributed by atoms with Crippen molar-refractivity contribution < 1.29 is 24.3 Å². The summed E-state index contributed by atoms with van der Waals surface area (Å²) in [6.45, 7) is 5.36. The lowest BCUT2D eigenvalue weighted by Gasteiger charge is -2.31. The second kappa shape index (κ2) is 12.0. The molecule has 198 valence electrons. The summed E-state index contributed by atoms with van der Waals surface area (Å²) >= 11 is 0. The number of rotatable bonds is 6. The van der Waals surface area contributed by atoms with Gasteiger partial charge in [-0.05, 0) is 31.2 Å². The molecule has 6 N–H and O–H groups in total. The van der Waals surface area contributed by atoms with Gasteiger partial charge in [-0.2, -0.15) is 0 Å². The van der Waals surface area contributed by atoms with E-state index >= 15 is 0 Å². The molecular formula is C28H36N4O5. The Hall–Kier alpha value is -3.72. The number of fused-ring (bicyclic) bond motifs is 2. The summed E-state index contributed by atoms with van der Waals surface area (Å²) in [5.74, 6) is -1.15. The zero-order valence-electron chi connectivity index (χ0n) is 21.8. The summed E-state index contributed by atoms with van der Waals surface area (Å²) in [7, 11) is 1.66. The lowest BCUT2D eigenvalue weighted by atomic mass is 9.81. The normalized spacial score (nSPS) is 19.0. The summed E-state index contributed by atoms with van der Waals surface area (Å²) in [4.78, 5) is 48.7. The number of aliphatic carboxylic acids is 1. The largest absolute Gasteiger partial charge is 0.481 e. The summed E-state index contributed by atoms with van der Waals surface area (Å²) in [5, 5.41) is 17.0. The maximum Gasteiger partial charge on any atom is 0.300 e. The number of hydrogen-bond donors (Lipinski definition) is 5. The number of amides is 1.